The van der Waals surface area contributed by atoms with E-state index < -0.39 is 5.60 Å². The molecule has 4 rings (SSSR count). The van der Waals surface area contributed by atoms with Gasteiger partial charge in [-0.05, 0) is 45.6 Å². The van der Waals surface area contributed by atoms with E-state index >= 15 is 0 Å². The van der Waals surface area contributed by atoms with E-state index in [1.165, 1.54) is 30.5 Å². The van der Waals surface area contributed by atoms with Crippen LogP contribution in [-0.2, 0) is 0 Å². The van der Waals surface area contributed by atoms with Crippen LogP contribution in [0.1, 0.15) is 64.4 Å². The Bertz CT molecular complexity index is 1250. The molecular formula is C25H33N9O. The molecule has 1 saturated carbocycles. The SMILES string of the molecule is CC(C)(O)CC/C(N)=C/N(N)c1cnc(-n2ncc3cc(C#N)cnc32)cc1NC1CCCCC1. The number of hydrazine groups is 1. The number of hydrogen-bond donors (Lipinski definition) is 4. The molecule has 0 atom stereocenters. The number of aliphatic hydroxyl groups is 1. The van der Waals surface area contributed by atoms with Gasteiger partial charge in [-0.1, -0.05) is 19.3 Å². The van der Waals surface area contributed by atoms with E-state index in [9.17, 15) is 5.11 Å². The van der Waals surface area contributed by atoms with Crippen molar-refractivity contribution in [1.29, 1.82) is 5.26 Å². The molecule has 1 aliphatic rings. The first kappa shape index (κ1) is 24.4. The van der Waals surface area contributed by atoms with Crippen LogP contribution in [0.3, 0.4) is 0 Å². The lowest BCUT2D eigenvalue weighted by Crippen LogP contribution is -2.30. The minimum Gasteiger partial charge on any atom is -0.401 e. The molecule has 3 aromatic heterocycles. The fraction of sp³-hybridized carbons (Fsp3) is 0.440. The summed E-state index contributed by atoms with van der Waals surface area (Å²) in [5.41, 5.74) is 8.56. The van der Waals surface area contributed by atoms with Gasteiger partial charge in [0.15, 0.2) is 11.5 Å². The number of nitrogens with zero attached hydrogens (tertiary/aromatic N) is 6. The highest BCUT2D eigenvalue weighted by atomic mass is 16.3. The van der Waals surface area contributed by atoms with Crippen LogP contribution >= 0.6 is 0 Å². The van der Waals surface area contributed by atoms with Gasteiger partial charge < -0.3 is 16.2 Å². The van der Waals surface area contributed by atoms with Crippen molar-refractivity contribution in [1.82, 2.24) is 19.7 Å². The number of fused-ring (bicyclic) bond motifs is 1. The number of aromatic nitrogens is 4. The number of hydrogen-bond acceptors (Lipinski definition) is 9. The van der Waals surface area contributed by atoms with Crippen LogP contribution in [0.4, 0.5) is 11.4 Å². The van der Waals surface area contributed by atoms with Gasteiger partial charge in [-0.2, -0.15) is 15.0 Å². The van der Waals surface area contributed by atoms with E-state index in [0.717, 1.165) is 23.9 Å². The maximum Gasteiger partial charge on any atom is 0.164 e. The van der Waals surface area contributed by atoms with E-state index in [4.69, 9.17) is 16.8 Å². The molecule has 6 N–H and O–H groups in total. The van der Waals surface area contributed by atoms with Crippen molar-refractivity contribution in [3.63, 3.8) is 0 Å². The minimum atomic E-state index is -0.802. The summed E-state index contributed by atoms with van der Waals surface area (Å²) in [5, 5.41) is 29.5. The molecule has 3 aromatic rings. The van der Waals surface area contributed by atoms with E-state index in [2.05, 4.69) is 26.5 Å². The fourth-order valence-electron chi connectivity index (χ4n) is 4.25. The van der Waals surface area contributed by atoms with Crippen molar-refractivity contribution in [2.24, 2.45) is 11.6 Å². The molecule has 0 saturated heterocycles. The average Bonchev–Trinajstić information content (AvgIpc) is 3.26. The summed E-state index contributed by atoms with van der Waals surface area (Å²) >= 11 is 0. The van der Waals surface area contributed by atoms with Crippen LogP contribution in [0.15, 0.2) is 42.6 Å². The molecular weight excluding hydrogens is 442 g/mol. The highest BCUT2D eigenvalue weighted by molar-refractivity contribution is 5.78. The second-order valence-electron chi connectivity index (χ2n) is 9.77. The first-order valence-electron chi connectivity index (χ1n) is 12.0. The second kappa shape index (κ2) is 10.3. The van der Waals surface area contributed by atoms with Crippen molar-refractivity contribution in [3.8, 4) is 11.9 Å². The summed E-state index contributed by atoms with van der Waals surface area (Å²) in [6.07, 6.45) is 13.4. The molecule has 0 bridgehead atoms. The Hall–Kier alpha value is -3.68. The van der Waals surface area contributed by atoms with E-state index in [0.29, 0.717) is 47.3 Å². The summed E-state index contributed by atoms with van der Waals surface area (Å²) < 4.78 is 1.65. The van der Waals surface area contributed by atoms with Gasteiger partial charge in [-0.3, -0.25) is 5.01 Å². The van der Waals surface area contributed by atoms with Gasteiger partial charge in [0.1, 0.15) is 6.07 Å². The second-order valence-corrected chi connectivity index (χ2v) is 9.77. The average molecular weight is 476 g/mol. The normalized spacial score (nSPS) is 15.2. The van der Waals surface area contributed by atoms with E-state index in [1.54, 1.807) is 43.2 Å². The van der Waals surface area contributed by atoms with Crippen molar-refractivity contribution in [2.75, 3.05) is 10.3 Å². The molecule has 1 fully saturated rings. The number of nitrogens with two attached hydrogens (primary N) is 2. The highest BCUT2D eigenvalue weighted by Gasteiger charge is 2.19. The summed E-state index contributed by atoms with van der Waals surface area (Å²) in [6, 6.07) is 6.11. The first-order chi connectivity index (χ1) is 16.7. The maximum atomic E-state index is 9.99. The van der Waals surface area contributed by atoms with Crippen molar-refractivity contribution in [2.45, 2.75) is 70.4 Å². The maximum absolute atomic E-state index is 9.99. The van der Waals surface area contributed by atoms with Gasteiger partial charge in [0.25, 0.3) is 0 Å². The molecule has 10 nitrogen and oxygen atoms in total. The lowest BCUT2D eigenvalue weighted by atomic mass is 9.95. The Balaban J connectivity index is 1.67. The van der Waals surface area contributed by atoms with Crippen molar-refractivity contribution < 1.29 is 5.11 Å². The number of pyridine rings is 2. The summed E-state index contributed by atoms with van der Waals surface area (Å²) in [5.74, 6) is 6.99. The van der Waals surface area contributed by atoms with Gasteiger partial charge in [-0.25, -0.2) is 15.8 Å². The quantitative estimate of drug-likeness (QED) is 0.283. The number of anilines is 2. The summed E-state index contributed by atoms with van der Waals surface area (Å²) in [4.78, 5) is 9.01. The molecule has 35 heavy (non-hydrogen) atoms. The Morgan fingerprint density at radius 2 is 2.03 bits per heavy atom. The van der Waals surface area contributed by atoms with Crippen LogP contribution in [0.5, 0.6) is 0 Å². The first-order valence-corrected chi connectivity index (χ1v) is 12.0. The monoisotopic (exact) mass is 475 g/mol. The molecule has 0 spiro atoms. The zero-order chi connectivity index (χ0) is 25.0. The van der Waals surface area contributed by atoms with Gasteiger partial charge in [0, 0.05) is 35.6 Å². The van der Waals surface area contributed by atoms with Crippen LogP contribution in [0.2, 0.25) is 0 Å². The Morgan fingerprint density at radius 3 is 2.74 bits per heavy atom. The molecule has 0 aliphatic heterocycles. The lowest BCUT2D eigenvalue weighted by Gasteiger charge is -2.27. The fourth-order valence-corrected chi connectivity index (χ4v) is 4.25. The molecule has 0 amide bonds. The number of allylic oxidation sites excluding steroid dienone is 1. The van der Waals surface area contributed by atoms with Crippen LogP contribution in [-0.4, -0.2) is 36.5 Å². The van der Waals surface area contributed by atoms with Crippen molar-refractivity contribution in [3.05, 3.63) is 48.2 Å². The van der Waals surface area contributed by atoms with E-state index in [1.807, 2.05) is 6.07 Å². The molecule has 0 unspecified atom stereocenters. The standard InChI is InChI=1S/C25H33N9O/c1-25(2,35)9-8-19(27)16-33(28)22-15-29-23(11-21(22)32-20-6-4-3-5-7-20)34-24-18(14-31-34)10-17(12-26)13-30-24/h10-11,13-16,20,35H,3-9,27-28H2,1-2H3,(H,29,32)/b19-16-. The molecule has 184 valence electrons. The minimum absolute atomic E-state index is 0.341. The zero-order valence-electron chi connectivity index (χ0n) is 20.3. The number of nitrogens with one attached hydrogen (secondary N) is 1. The molecule has 3 heterocycles. The molecule has 0 radical (unpaired) electrons. The van der Waals surface area contributed by atoms with Gasteiger partial charge in [0.05, 0.1) is 34.9 Å². The Labute approximate surface area is 205 Å². The zero-order valence-corrected chi connectivity index (χ0v) is 20.3. The Morgan fingerprint density at radius 1 is 1.26 bits per heavy atom. The number of rotatable bonds is 8. The van der Waals surface area contributed by atoms with Crippen LogP contribution in [0, 0.1) is 11.3 Å². The Kier molecular flexibility index (Phi) is 7.19. The summed E-state index contributed by atoms with van der Waals surface area (Å²) in [7, 11) is 0. The largest absolute Gasteiger partial charge is 0.401 e. The molecule has 10 heteroatoms. The van der Waals surface area contributed by atoms with Crippen LogP contribution < -0.4 is 21.9 Å². The third-order valence-electron chi connectivity index (χ3n) is 6.20. The third kappa shape index (κ3) is 6.07. The van der Waals surface area contributed by atoms with Gasteiger partial charge in [0.2, 0.25) is 0 Å². The number of nitriles is 1. The smallest absolute Gasteiger partial charge is 0.164 e. The summed E-state index contributed by atoms with van der Waals surface area (Å²) in [6.45, 7) is 3.51. The highest BCUT2D eigenvalue weighted by Crippen LogP contribution is 2.30. The molecule has 1 aliphatic carbocycles. The predicted molar refractivity (Wildman–Crippen MR) is 136 cm³/mol. The third-order valence-corrected chi connectivity index (χ3v) is 6.20. The molecule has 0 aromatic carbocycles. The van der Waals surface area contributed by atoms with Crippen LogP contribution in [0.25, 0.3) is 16.9 Å². The lowest BCUT2D eigenvalue weighted by molar-refractivity contribution is 0.0712. The van der Waals surface area contributed by atoms with Gasteiger partial charge >= 0.3 is 0 Å². The van der Waals surface area contributed by atoms with Gasteiger partial charge in [-0.15, -0.1) is 0 Å². The topological polar surface area (TPSA) is 155 Å². The van der Waals surface area contributed by atoms with E-state index in [-0.39, 0.29) is 0 Å². The van der Waals surface area contributed by atoms with Crippen molar-refractivity contribution >= 4 is 22.4 Å². The predicted octanol–water partition coefficient (Wildman–Crippen LogP) is 3.46.